The molecule has 2 aliphatic heterocycles. The number of hydrogen-bond acceptors (Lipinski definition) is 4. The first-order valence-corrected chi connectivity index (χ1v) is 11.9. The third-order valence-electron chi connectivity index (χ3n) is 6.12. The van der Waals surface area contributed by atoms with E-state index in [0.717, 1.165) is 31.2 Å². The van der Waals surface area contributed by atoms with Gasteiger partial charge in [-0.25, -0.2) is 8.42 Å². The summed E-state index contributed by atoms with van der Waals surface area (Å²) in [6.45, 7) is 4.00. The van der Waals surface area contributed by atoms with Gasteiger partial charge >= 0.3 is 0 Å². The maximum atomic E-state index is 13.6. The number of likely N-dealkylation sites (tertiary alicyclic amines) is 1. The minimum Gasteiger partial charge on any atom is -0.495 e. The molecule has 2 aromatic carbocycles. The van der Waals surface area contributed by atoms with Gasteiger partial charge in [-0.15, -0.1) is 0 Å². The fourth-order valence-corrected chi connectivity index (χ4v) is 6.00. The lowest BCUT2D eigenvalue weighted by Gasteiger charge is -2.32. The Balaban J connectivity index is 1.71. The van der Waals surface area contributed by atoms with Gasteiger partial charge in [-0.3, -0.25) is 9.10 Å². The van der Waals surface area contributed by atoms with Gasteiger partial charge in [0.2, 0.25) is 0 Å². The van der Waals surface area contributed by atoms with Crippen LogP contribution in [0.15, 0.2) is 47.4 Å². The quantitative estimate of drug-likeness (QED) is 0.745. The molecule has 0 N–H and O–H groups in total. The van der Waals surface area contributed by atoms with E-state index in [0.29, 0.717) is 36.8 Å². The summed E-state index contributed by atoms with van der Waals surface area (Å²) in [5, 5.41) is 0. The zero-order valence-corrected chi connectivity index (χ0v) is 18.3. The van der Waals surface area contributed by atoms with Crippen LogP contribution in [0, 0.1) is 5.92 Å². The fourth-order valence-electron chi connectivity index (χ4n) is 4.27. The van der Waals surface area contributed by atoms with Gasteiger partial charge in [-0.2, -0.15) is 0 Å². The maximum absolute atomic E-state index is 13.6. The molecular formula is C23H28N2O4S. The number of rotatable bonds is 4. The highest BCUT2D eigenvalue weighted by Gasteiger charge is 2.32. The fraction of sp³-hybridized carbons (Fsp3) is 0.435. The van der Waals surface area contributed by atoms with Gasteiger partial charge in [0.05, 0.1) is 12.8 Å². The van der Waals surface area contributed by atoms with Crippen LogP contribution in [0.25, 0.3) is 0 Å². The first-order valence-electron chi connectivity index (χ1n) is 10.5. The summed E-state index contributed by atoms with van der Waals surface area (Å²) in [7, 11) is -2.43. The predicted molar refractivity (Wildman–Crippen MR) is 117 cm³/mol. The van der Waals surface area contributed by atoms with Gasteiger partial charge in [0.25, 0.3) is 15.9 Å². The Bertz CT molecular complexity index is 1040. The molecule has 1 fully saturated rings. The molecule has 7 heteroatoms. The molecule has 0 atom stereocenters. The smallest absolute Gasteiger partial charge is 0.268 e. The number of aryl methyl sites for hydroxylation is 1. The second kappa shape index (κ2) is 8.30. The van der Waals surface area contributed by atoms with Crippen LogP contribution in [0.4, 0.5) is 5.69 Å². The van der Waals surface area contributed by atoms with Crippen LogP contribution < -0.4 is 9.04 Å². The van der Waals surface area contributed by atoms with Crippen LogP contribution >= 0.6 is 0 Å². The van der Waals surface area contributed by atoms with E-state index >= 15 is 0 Å². The average Bonchev–Trinajstić information content (AvgIpc) is 2.78. The number of piperidine rings is 1. The summed E-state index contributed by atoms with van der Waals surface area (Å²) in [5.41, 5.74) is 2.10. The van der Waals surface area contributed by atoms with Gasteiger partial charge in [0, 0.05) is 25.2 Å². The van der Waals surface area contributed by atoms with Crippen molar-refractivity contribution in [3.63, 3.8) is 0 Å². The zero-order valence-electron chi connectivity index (χ0n) is 17.5. The van der Waals surface area contributed by atoms with E-state index in [1.807, 2.05) is 29.2 Å². The van der Waals surface area contributed by atoms with Crippen LogP contribution in [0.5, 0.6) is 5.75 Å². The average molecular weight is 429 g/mol. The van der Waals surface area contributed by atoms with Gasteiger partial charge < -0.3 is 9.64 Å². The van der Waals surface area contributed by atoms with Gasteiger partial charge in [-0.1, -0.05) is 25.1 Å². The van der Waals surface area contributed by atoms with E-state index in [1.54, 1.807) is 12.1 Å². The third kappa shape index (κ3) is 3.78. The van der Waals surface area contributed by atoms with Crippen molar-refractivity contribution in [3.05, 3.63) is 53.6 Å². The molecule has 0 radical (unpaired) electrons. The summed E-state index contributed by atoms with van der Waals surface area (Å²) in [5.74, 6) is 0.738. The molecule has 0 bridgehead atoms. The molecular weight excluding hydrogens is 400 g/mol. The standard InChI is InChI=1S/C23H28N2O4S/c1-17-11-14-24(15-12-17)23(26)19-9-10-21(29-2)22(16-19)30(27,28)25-13-5-7-18-6-3-4-8-20(18)25/h3-4,6,8-10,16-17H,5,7,11-15H2,1-2H3. The molecule has 0 aliphatic carbocycles. The Hall–Kier alpha value is -2.54. The number of amides is 1. The number of ether oxygens (including phenoxy) is 1. The minimum absolute atomic E-state index is 0.0398. The first-order chi connectivity index (χ1) is 14.4. The van der Waals surface area contributed by atoms with Crippen molar-refractivity contribution >= 4 is 21.6 Å². The summed E-state index contributed by atoms with van der Waals surface area (Å²) < 4.78 is 34.1. The molecule has 0 saturated carbocycles. The van der Waals surface area contributed by atoms with Gasteiger partial charge in [0.1, 0.15) is 10.6 Å². The van der Waals surface area contributed by atoms with Crippen molar-refractivity contribution < 1.29 is 17.9 Å². The van der Waals surface area contributed by atoms with Gasteiger partial charge in [0.15, 0.2) is 0 Å². The number of fused-ring (bicyclic) bond motifs is 1. The summed E-state index contributed by atoms with van der Waals surface area (Å²) in [6.07, 6.45) is 3.55. The maximum Gasteiger partial charge on any atom is 0.268 e. The topological polar surface area (TPSA) is 66.9 Å². The van der Waals surface area contributed by atoms with Crippen molar-refractivity contribution in [2.45, 2.75) is 37.5 Å². The van der Waals surface area contributed by atoms with Crippen molar-refractivity contribution in [1.82, 2.24) is 4.90 Å². The largest absolute Gasteiger partial charge is 0.495 e. The van der Waals surface area contributed by atoms with Crippen molar-refractivity contribution in [2.75, 3.05) is 31.0 Å². The first kappa shape index (κ1) is 20.7. The highest BCUT2D eigenvalue weighted by molar-refractivity contribution is 7.93. The third-order valence-corrected chi connectivity index (χ3v) is 7.95. The molecule has 1 amide bonds. The number of methoxy groups -OCH3 is 1. The molecule has 0 aromatic heterocycles. The summed E-state index contributed by atoms with van der Waals surface area (Å²) in [4.78, 5) is 14.9. The lowest BCUT2D eigenvalue weighted by molar-refractivity contribution is 0.0697. The van der Waals surface area contributed by atoms with Crippen LogP contribution in [0.3, 0.4) is 0 Å². The molecule has 0 unspecified atom stereocenters. The summed E-state index contributed by atoms with van der Waals surface area (Å²) >= 11 is 0. The Morgan fingerprint density at radius 2 is 1.80 bits per heavy atom. The van der Waals surface area contributed by atoms with E-state index in [2.05, 4.69) is 6.92 Å². The van der Waals surface area contributed by atoms with Crippen molar-refractivity contribution in [2.24, 2.45) is 5.92 Å². The lowest BCUT2D eigenvalue weighted by atomic mass is 9.98. The minimum atomic E-state index is -3.88. The number of carbonyl (C=O) groups excluding carboxylic acids is 1. The van der Waals surface area contributed by atoms with Crippen molar-refractivity contribution in [1.29, 1.82) is 0 Å². The molecule has 2 aromatic rings. The number of carbonyl (C=O) groups is 1. The Labute approximate surface area is 178 Å². The van der Waals surface area contributed by atoms with Gasteiger partial charge in [-0.05, 0) is 61.4 Å². The van der Waals surface area contributed by atoms with Crippen LogP contribution in [0.2, 0.25) is 0 Å². The van der Waals surface area contributed by atoms with Crippen LogP contribution in [0.1, 0.15) is 42.1 Å². The number of sulfonamides is 1. The van der Waals surface area contributed by atoms with Crippen molar-refractivity contribution in [3.8, 4) is 5.75 Å². The van der Waals surface area contributed by atoms with Crippen LogP contribution in [-0.2, 0) is 16.4 Å². The molecule has 30 heavy (non-hydrogen) atoms. The predicted octanol–water partition coefficient (Wildman–Crippen LogP) is 3.71. The normalized spacial score (nSPS) is 17.5. The SMILES string of the molecule is COc1ccc(C(=O)N2CCC(C)CC2)cc1S(=O)(=O)N1CCCc2ccccc21. The van der Waals surface area contributed by atoms with Crippen LogP contribution in [-0.4, -0.2) is 46.0 Å². The molecule has 160 valence electrons. The van der Waals surface area contributed by atoms with E-state index in [1.165, 1.54) is 17.5 Å². The number of para-hydroxylation sites is 1. The zero-order chi connectivity index (χ0) is 21.3. The molecule has 2 heterocycles. The highest BCUT2D eigenvalue weighted by Crippen LogP contribution is 2.35. The molecule has 6 nitrogen and oxygen atoms in total. The number of hydrogen-bond donors (Lipinski definition) is 0. The Kier molecular flexibility index (Phi) is 5.73. The second-order valence-corrected chi connectivity index (χ2v) is 9.98. The van der Waals surface area contributed by atoms with E-state index in [4.69, 9.17) is 4.74 Å². The van der Waals surface area contributed by atoms with E-state index < -0.39 is 10.0 Å². The summed E-state index contributed by atoms with van der Waals surface area (Å²) in [6, 6.07) is 12.3. The highest BCUT2D eigenvalue weighted by atomic mass is 32.2. The molecule has 4 rings (SSSR count). The van der Waals surface area contributed by atoms with E-state index in [9.17, 15) is 13.2 Å². The monoisotopic (exact) mass is 428 g/mol. The Morgan fingerprint density at radius 3 is 2.53 bits per heavy atom. The lowest BCUT2D eigenvalue weighted by Crippen LogP contribution is -2.38. The second-order valence-electron chi connectivity index (χ2n) is 8.15. The number of anilines is 1. The molecule has 1 saturated heterocycles. The number of benzene rings is 2. The van der Waals surface area contributed by atoms with E-state index in [-0.39, 0.29) is 16.6 Å². The number of nitrogens with zero attached hydrogens (tertiary/aromatic N) is 2. The molecule has 2 aliphatic rings. The molecule has 0 spiro atoms. The Morgan fingerprint density at radius 1 is 1.07 bits per heavy atom.